The Balaban J connectivity index is 0.000000450. The minimum atomic E-state index is -0.425. The number of nitrogens with zero attached hydrogens (tertiary/aromatic N) is 1. The lowest BCUT2D eigenvalue weighted by Gasteiger charge is -2.12. The largest absolute Gasteiger partial charge is 0.397 e. The first-order valence-electron chi connectivity index (χ1n) is 7.68. The van der Waals surface area contributed by atoms with Gasteiger partial charge in [-0.1, -0.05) is 43.5 Å². The van der Waals surface area contributed by atoms with Crippen LogP contribution in [0.5, 0.6) is 0 Å². The normalized spacial score (nSPS) is 9.96. The van der Waals surface area contributed by atoms with Gasteiger partial charge in [0.2, 0.25) is 0 Å². The Hall–Kier alpha value is -2.39. The van der Waals surface area contributed by atoms with E-state index < -0.39 is 5.82 Å². The predicted molar refractivity (Wildman–Crippen MR) is 102 cm³/mol. The highest BCUT2D eigenvalue weighted by atomic mass is 35.5. The Labute approximate surface area is 152 Å². The Bertz CT molecular complexity index is 783. The fourth-order valence-corrected chi connectivity index (χ4v) is 2.39. The SMILES string of the molecule is C#Cc1c(Cl)cc(C=O)c(-c2cccc(F)c2)c1N.CCN(N)CC. The maximum Gasteiger partial charge on any atom is 0.150 e. The van der Waals surface area contributed by atoms with Crippen molar-refractivity contribution in [2.24, 2.45) is 5.84 Å². The van der Waals surface area contributed by atoms with Crippen molar-refractivity contribution in [3.8, 4) is 23.5 Å². The van der Waals surface area contributed by atoms with Crippen LogP contribution < -0.4 is 11.6 Å². The van der Waals surface area contributed by atoms with Gasteiger partial charge in [-0.05, 0) is 23.8 Å². The van der Waals surface area contributed by atoms with Crippen molar-refractivity contribution in [1.82, 2.24) is 5.01 Å². The molecule has 132 valence electrons. The summed E-state index contributed by atoms with van der Waals surface area (Å²) in [4.78, 5) is 11.1. The fraction of sp³-hybridized carbons (Fsp3) is 0.211. The third-order valence-corrected chi connectivity index (χ3v) is 3.84. The number of nitrogens with two attached hydrogens (primary N) is 2. The van der Waals surface area contributed by atoms with E-state index >= 15 is 0 Å². The molecule has 2 aromatic carbocycles. The van der Waals surface area contributed by atoms with E-state index in [-0.39, 0.29) is 16.3 Å². The zero-order chi connectivity index (χ0) is 19.0. The van der Waals surface area contributed by atoms with Gasteiger partial charge in [0, 0.05) is 24.2 Å². The minimum Gasteiger partial charge on any atom is -0.397 e. The Morgan fingerprint density at radius 2 is 1.96 bits per heavy atom. The molecule has 0 amide bonds. The summed E-state index contributed by atoms with van der Waals surface area (Å²) in [6, 6.07) is 7.20. The zero-order valence-electron chi connectivity index (χ0n) is 14.2. The number of hydrogen-bond donors (Lipinski definition) is 2. The van der Waals surface area contributed by atoms with Crippen molar-refractivity contribution >= 4 is 23.6 Å². The number of carbonyl (C=O) groups is 1. The molecule has 0 atom stereocenters. The molecule has 0 fully saturated rings. The number of carbonyl (C=O) groups excluding carboxylic acids is 1. The van der Waals surface area contributed by atoms with E-state index in [9.17, 15) is 9.18 Å². The fourth-order valence-electron chi connectivity index (χ4n) is 2.12. The second kappa shape index (κ2) is 9.80. The number of nitrogen functional groups attached to an aromatic ring is 1. The second-order valence-corrected chi connectivity index (χ2v) is 5.51. The maximum atomic E-state index is 13.3. The molecular weight excluding hydrogens is 341 g/mol. The Kier molecular flexibility index (Phi) is 8.09. The van der Waals surface area contributed by atoms with Crippen LogP contribution in [0.4, 0.5) is 10.1 Å². The van der Waals surface area contributed by atoms with E-state index in [1.165, 1.54) is 24.3 Å². The molecule has 0 heterocycles. The summed E-state index contributed by atoms with van der Waals surface area (Å²) in [6.45, 7) is 5.94. The van der Waals surface area contributed by atoms with Gasteiger partial charge in [-0.15, -0.1) is 6.42 Å². The first-order valence-corrected chi connectivity index (χ1v) is 8.06. The average molecular weight is 362 g/mol. The lowest BCUT2D eigenvalue weighted by atomic mass is 9.95. The summed E-state index contributed by atoms with van der Waals surface area (Å²) in [5.74, 6) is 7.25. The quantitative estimate of drug-likeness (QED) is 0.286. The first kappa shape index (κ1) is 20.7. The molecule has 4 N–H and O–H groups in total. The van der Waals surface area contributed by atoms with Crippen LogP contribution in [0.25, 0.3) is 11.1 Å². The number of benzene rings is 2. The van der Waals surface area contributed by atoms with Crippen LogP contribution in [0.1, 0.15) is 29.8 Å². The van der Waals surface area contributed by atoms with E-state index in [1.54, 1.807) is 11.1 Å². The number of halogens is 2. The van der Waals surface area contributed by atoms with E-state index in [0.29, 0.717) is 23.0 Å². The molecule has 6 heteroatoms. The first-order chi connectivity index (χ1) is 11.9. The topological polar surface area (TPSA) is 72.4 Å². The predicted octanol–water partition coefficient (Wildman–Crippen LogP) is 3.72. The molecule has 0 aliphatic carbocycles. The van der Waals surface area contributed by atoms with Crippen LogP contribution in [0.2, 0.25) is 5.02 Å². The molecular formula is C19H21ClFN3O. The maximum absolute atomic E-state index is 13.3. The molecule has 0 saturated heterocycles. The molecule has 0 bridgehead atoms. The van der Waals surface area contributed by atoms with Crippen LogP contribution in [0.3, 0.4) is 0 Å². The van der Waals surface area contributed by atoms with Gasteiger partial charge in [0.1, 0.15) is 5.82 Å². The van der Waals surface area contributed by atoms with Gasteiger partial charge in [-0.25, -0.2) is 9.40 Å². The highest BCUT2D eigenvalue weighted by molar-refractivity contribution is 6.33. The van der Waals surface area contributed by atoms with Crippen LogP contribution in [-0.2, 0) is 0 Å². The monoisotopic (exact) mass is 361 g/mol. The van der Waals surface area contributed by atoms with Crippen LogP contribution in [0.15, 0.2) is 30.3 Å². The third kappa shape index (κ3) is 5.30. The van der Waals surface area contributed by atoms with E-state index in [0.717, 1.165) is 13.1 Å². The zero-order valence-corrected chi connectivity index (χ0v) is 15.0. The molecule has 0 aromatic heterocycles. The Morgan fingerprint density at radius 3 is 2.40 bits per heavy atom. The van der Waals surface area contributed by atoms with E-state index in [4.69, 9.17) is 29.6 Å². The molecule has 25 heavy (non-hydrogen) atoms. The van der Waals surface area contributed by atoms with Gasteiger partial charge in [0.15, 0.2) is 6.29 Å². The van der Waals surface area contributed by atoms with Crippen molar-refractivity contribution in [3.05, 3.63) is 52.3 Å². The standard InChI is InChI=1S/C15H9ClFNO.C4H12N2/c1-2-12-13(16)7-10(8-19)14(15(12)18)9-4-3-5-11(17)6-9;1-3-6(5)4-2/h1,3-8H,18H2;3-5H2,1-2H3. The summed E-state index contributed by atoms with van der Waals surface area (Å²) in [5.41, 5.74) is 7.58. The molecule has 0 radical (unpaired) electrons. The van der Waals surface area contributed by atoms with Gasteiger partial charge in [-0.3, -0.25) is 10.6 Å². The van der Waals surface area contributed by atoms with Gasteiger partial charge < -0.3 is 5.73 Å². The lowest BCUT2D eigenvalue weighted by Crippen LogP contribution is -2.29. The van der Waals surface area contributed by atoms with Gasteiger partial charge in [-0.2, -0.15) is 0 Å². The highest BCUT2D eigenvalue weighted by Gasteiger charge is 2.15. The van der Waals surface area contributed by atoms with E-state index in [2.05, 4.69) is 5.92 Å². The third-order valence-electron chi connectivity index (χ3n) is 3.55. The number of hydrazine groups is 1. The van der Waals surface area contributed by atoms with Crippen molar-refractivity contribution in [1.29, 1.82) is 0 Å². The van der Waals surface area contributed by atoms with Crippen molar-refractivity contribution in [2.45, 2.75) is 13.8 Å². The second-order valence-electron chi connectivity index (χ2n) is 5.11. The molecule has 2 aromatic rings. The van der Waals surface area contributed by atoms with Gasteiger partial charge >= 0.3 is 0 Å². The molecule has 0 aliphatic heterocycles. The summed E-state index contributed by atoms with van der Waals surface area (Å²) in [6.07, 6.45) is 5.96. The number of rotatable bonds is 4. The summed E-state index contributed by atoms with van der Waals surface area (Å²) in [7, 11) is 0. The molecule has 0 spiro atoms. The summed E-state index contributed by atoms with van der Waals surface area (Å²) < 4.78 is 13.3. The molecule has 2 rings (SSSR count). The van der Waals surface area contributed by atoms with E-state index in [1.807, 2.05) is 13.8 Å². The van der Waals surface area contributed by atoms with Crippen molar-refractivity contribution in [2.75, 3.05) is 18.8 Å². The summed E-state index contributed by atoms with van der Waals surface area (Å²) >= 11 is 5.95. The number of terminal acetylenes is 1. The van der Waals surface area contributed by atoms with Gasteiger partial charge in [0.05, 0.1) is 16.3 Å². The summed E-state index contributed by atoms with van der Waals surface area (Å²) in [5, 5.41) is 1.97. The molecule has 4 nitrogen and oxygen atoms in total. The van der Waals surface area contributed by atoms with Crippen molar-refractivity contribution < 1.29 is 9.18 Å². The number of aldehydes is 1. The smallest absolute Gasteiger partial charge is 0.150 e. The average Bonchev–Trinajstić information content (AvgIpc) is 2.61. The number of hydrogen-bond acceptors (Lipinski definition) is 4. The van der Waals surface area contributed by atoms with Crippen LogP contribution >= 0.6 is 11.6 Å². The van der Waals surface area contributed by atoms with Crippen LogP contribution in [-0.4, -0.2) is 24.4 Å². The highest BCUT2D eigenvalue weighted by Crippen LogP contribution is 2.35. The lowest BCUT2D eigenvalue weighted by molar-refractivity contribution is 0.112. The molecule has 0 unspecified atom stereocenters. The van der Waals surface area contributed by atoms with Gasteiger partial charge in [0.25, 0.3) is 0 Å². The minimum absolute atomic E-state index is 0.197. The Morgan fingerprint density at radius 1 is 1.32 bits per heavy atom. The molecule has 0 aliphatic rings. The van der Waals surface area contributed by atoms with Crippen LogP contribution in [0, 0.1) is 18.2 Å². The number of anilines is 1. The van der Waals surface area contributed by atoms with Crippen molar-refractivity contribution in [3.63, 3.8) is 0 Å². The molecule has 0 saturated carbocycles.